The number of amides is 1. The summed E-state index contributed by atoms with van der Waals surface area (Å²) in [6, 6.07) is 1.86. The molecule has 0 radical (unpaired) electrons. The minimum Gasteiger partial charge on any atom is -0.437 e. The van der Waals surface area contributed by atoms with Gasteiger partial charge in [0.15, 0.2) is 6.23 Å². The van der Waals surface area contributed by atoms with Crippen LogP contribution in [0.3, 0.4) is 0 Å². The summed E-state index contributed by atoms with van der Waals surface area (Å²) in [6.45, 7) is 9.97. The number of nitrogens with zero attached hydrogens (tertiary/aromatic N) is 1. The van der Waals surface area contributed by atoms with Crippen LogP contribution in [0.4, 0.5) is 5.69 Å². The highest BCUT2D eigenvalue weighted by Gasteiger charge is 2.38. The number of carbonyl (C=O) groups is 2. The van der Waals surface area contributed by atoms with Crippen LogP contribution in [0.2, 0.25) is 0 Å². The van der Waals surface area contributed by atoms with Gasteiger partial charge >= 0.3 is 5.97 Å². The van der Waals surface area contributed by atoms with E-state index in [0.29, 0.717) is 10.6 Å². The van der Waals surface area contributed by atoms with Gasteiger partial charge in [-0.2, -0.15) is 0 Å². The van der Waals surface area contributed by atoms with Crippen LogP contribution in [0.15, 0.2) is 17.7 Å². The fourth-order valence-electron chi connectivity index (χ4n) is 3.16. The molecule has 0 N–H and O–H groups in total. The highest BCUT2D eigenvalue weighted by molar-refractivity contribution is 7.15. The predicted octanol–water partition coefficient (Wildman–Crippen LogP) is 4.74. The summed E-state index contributed by atoms with van der Waals surface area (Å²) in [5.41, 5.74) is 1.86. The fraction of sp³-hybridized carbons (Fsp3) is 0.524. The van der Waals surface area contributed by atoms with Crippen LogP contribution in [0.25, 0.3) is 0 Å². The zero-order valence-corrected chi connectivity index (χ0v) is 16.8. The number of ether oxygens (including phenoxy) is 1. The van der Waals surface area contributed by atoms with Crippen LogP contribution in [-0.2, 0) is 9.53 Å². The molecule has 3 rings (SSSR count). The Hall–Kier alpha value is -2.06. The van der Waals surface area contributed by atoms with Crippen molar-refractivity contribution in [3.63, 3.8) is 0 Å². The number of thiophene rings is 1. The first kappa shape index (κ1) is 18.7. The minimum atomic E-state index is -0.590. The van der Waals surface area contributed by atoms with Gasteiger partial charge in [-0.3, -0.25) is 9.69 Å². The standard InChI is InChI=1S/C21H25NO3S/c1-13-6-8-15(9-7-13)19(23)22-14(2)25-20(24)18-17(22)12-16(26-18)10-11-21(3,4)5/h6,12,14-15H,7-9H2,1-5H3/t14?,15-/m1/s1. The topological polar surface area (TPSA) is 46.6 Å². The van der Waals surface area contributed by atoms with E-state index in [4.69, 9.17) is 4.74 Å². The van der Waals surface area contributed by atoms with Crippen molar-refractivity contribution in [2.45, 2.75) is 60.1 Å². The van der Waals surface area contributed by atoms with Crippen LogP contribution < -0.4 is 4.90 Å². The summed E-state index contributed by atoms with van der Waals surface area (Å²) in [7, 11) is 0. The van der Waals surface area contributed by atoms with E-state index in [1.807, 2.05) is 26.8 Å². The highest BCUT2D eigenvalue weighted by Crippen LogP contribution is 2.38. The van der Waals surface area contributed by atoms with E-state index < -0.39 is 6.23 Å². The summed E-state index contributed by atoms with van der Waals surface area (Å²) in [5, 5.41) is 0. The Labute approximate surface area is 159 Å². The summed E-state index contributed by atoms with van der Waals surface area (Å²) < 4.78 is 5.43. The molecule has 2 heterocycles. The van der Waals surface area contributed by atoms with Crippen molar-refractivity contribution in [3.05, 3.63) is 27.5 Å². The molecule has 5 heteroatoms. The smallest absolute Gasteiger partial charge is 0.352 e. The Morgan fingerprint density at radius 1 is 1.38 bits per heavy atom. The first-order valence-corrected chi connectivity index (χ1v) is 9.84. The number of hydrogen-bond donors (Lipinski definition) is 0. The number of hydrogen-bond acceptors (Lipinski definition) is 4. The maximum Gasteiger partial charge on any atom is 0.352 e. The molecule has 2 aliphatic rings. The average Bonchev–Trinajstić information content (AvgIpc) is 2.97. The van der Waals surface area contributed by atoms with Gasteiger partial charge in [-0.15, -0.1) is 11.3 Å². The molecular weight excluding hydrogens is 346 g/mol. The van der Waals surface area contributed by atoms with Crippen molar-refractivity contribution in [2.75, 3.05) is 4.90 Å². The van der Waals surface area contributed by atoms with Gasteiger partial charge < -0.3 is 4.74 Å². The number of esters is 1. The van der Waals surface area contributed by atoms with Crippen LogP contribution in [0.5, 0.6) is 0 Å². The Bertz CT molecular complexity index is 832. The van der Waals surface area contributed by atoms with Gasteiger partial charge in [-0.05, 0) is 59.9 Å². The quantitative estimate of drug-likeness (QED) is 0.407. The SMILES string of the molecule is CC1=CC[C@@H](C(=O)N2c3cc(C#CC(C)(C)C)sc3C(=O)OC2C)CC1. The van der Waals surface area contributed by atoms with E-state index in [1.54, 1.807) is 11.8 Å². The lowest BCUT2D eigenvalue weighted by Gasteiger charge is -2.35. The number of anilines is 1. The molecule has 2 atom stereocenters. The molecule has 0 aromatic carbocycles. The molecule has 4 nitrogen and oxygen atoms in total. The molecule has 0 bridgehead atoms. The third-order valence-electron chi connectivity index (χ3n) is 4.58. The third kappa shape index (κ3) is 3.86. The normalized spacial score (nSPS) is 22.7. The van der Waals surface area contributed by atoms with Crippen molar-refractivity contribution < 1.29 is 14.3 Å². The molecule has 1 aromatic rings. The Kier molecular flexibility index (Phi) is 4.98. The largest absolute Gasteiger partial charge is 0.437 e. The maximum absolute atomic E-state index is 13.1. The number of fused-ring (bicyclic) bond motifs is 1. The number of allylic oxidation sites excluding steroid dienone is 2. The van der Waals surface area contributed by atoms with E-state index in [-0.39, 0.29) is 23.2 Å². The lowest BCUT2D eigenvalue weighted by atomic mass is 9.89. The first-order valence-electron chi connectivity index (χ1n) is 9.02. The maximum atomic E-state index is 13.1. The van der Waals surface area contributed by atoms with E-state index in [9.17, 15) is 9.59 Å². The molecule has 26 heavy (non-hydrogen) atoms. The van der Waals surface area contributed by atoms with Crippen molar-refractivity contribution in [2.24, 2.45) is 11.3 Å². The van der Waals surface area contributed by atoms with Gasteiger partial charge in [0.05, 0.1) is 10.6 Å². The predicted molar refractivity (Wildman–Crippen MR) is 104 cm³/mol. The molecule has 138 valence electrons. The van der Waals surface area contributed by atoms with Gasteiger partial charge in [-0.25, -0.2) is 4.79 Å². The van der Waals surface area contributed by atoms with Gasteiger partial charge in [0.25, 0.3) is 0 Å². The lowest BCUT2D eigenvalue weighted by molar-refractivity contribution is -0.124. The Balaban J connectivity index is 1.94. The summed E-state index contributed by atoms with van der Waals surface area (Å²) in [6.07, 6.45) is 4.08. The molecule has 1 aliphatic heterocycles. The summed E-state index contributed by atoms with van der Waals surface area (Å²) in [4.78, 5) is 28.3. The van der Waals surface area contributed by atoms with Crippen molar-refractivity contribution in [3.8, 4) is 11.8 Å². The lowest BCUT2D eigenvalue weighted by Crippen LogP contribution is -2.47. The van der Waals surface area contributed by atoms with Gasteiger partial charge in [-0.1, -0.05) is 23.5 Å². The molecule has 1 amide bonds. The van der Waals surface area contributed by atoms with E-state index in [1.165, 1.54) is 16.9 Å². The molecule has 0 saturated heterocycles. The monoisotopic (exact) mass is 371 g/mol. The fourth-order valence-corrected chi connectivity index (χ4v) is 4.04. The summed E-state index contributed by atoms with van der Waals surface area (Å²) >= 11 is 1.30. The molecular formula is C21H25NO3S. The second-order valence-corrected chi connectivity index (χ2v) is 9.11. The van der Waals surface area contributed by atoms with Crippen molar-refractivity contribution >= 4 is 28.9 Å². The van der Waals surface area contributed by atoms with Crippen LogP contribution in [-0.4, -0.2) is 18.1 Å². The molecule has 1 aliphatic carbocycles. The van der Waals surface area contributed by atoms with E-state index in [2.05, 4.69) is 24.8 Å². The minimum absolute atomic E-state index is 0.0307. The molecule has 1 aromatic heterocycles. The van der Waals surface area contributed by atoms with E-state index in [0.717, 1.165) is 24.1 Å². The zero-order chi connectivity index (χ0) is 19.1. The van der Waals surface area contributed by atoms with Gasteiger partial charge in [0.2, 0.25) is 5.91 Å². The van der Waals surface area contributed by atoms with E-state index >= 15 is 0 Å². The molecule has 1 unspecified atom stereocenters. The van der Waals surface area contributed by atoms with Crippen molar-refractivity contribution in [1.29, 1.82) is 0 Å². The molecule has 0 saturated carbocycles. The Morgan fingerprint density at radius 3 is 2.73 bits per heavy atom. The Morgan fingerprint density at radius 2 is 2.12 bits per heavy atom. The molecule has 0 fully saturated rings. The zero-order valence-electron chi connectivity index (χ0n) is 16.0. The number of carbonyl (C=O) groups excluding carboxylic acids is 2. The average molecular weight is 372 g/mol. The number of rotatable bonds is 1. The van der Waals surface area contributed by atoms with Gasteiger partial charge in [0, 0.05) is 11.3 Å². The van der Waals surface area contributed by atoms with Gasteiger partial charge in [0.1, 0.15) is 4.88 Å². The molecule has 0 spiro atoms. The van der Waals surface area contributed by atoms with Crippen LogP contribution in [0, 0.1) is 23.2 Å². The summed E-state index contributed by atoms with van der Waals surface area (Å²) in [5.74, 6) is 5.92. The van der Waals surface area contributed by atoms with Crippen LogP contribution in [0.1, 0.15) is 68.4 Å². The second-order valence-electron chi connectivity index (χ2n) is 8.06. The number of cyclic esters (lactones) is 1. The second kappa shape index (κ2) is 6.92. The highest BCUT2D eigenvalue weighted by atomic mass is 32.1. The first-order chi connectivity index (χ1) is 12.2. The van der Waals surface area contributed by atoms with Crippen LogP contribution >= 0.6 is 11.3 Å². The van der Waals surface area contributed by atoms with Crippen molar-refractivity contribution in [1.82, 2.24) is 0 Å². The third-order valence-corrected chi connectivity index (χ3v) is 5.60.